The number of guanidine groups is 1. The maximum Gasteiger partial charge on any atom is 0.193 e. The Balaban J connectivity index is 0.00000324. The molecule has 1 fully saturated rings. The minimum Gasteiger partial charge on any atom is -0.385 e. The third kappa shape index (κ3) is 6.29. The lowest BCUT2D eigenvalue weighted by molar-refractivity contribution is 0.141. The molecule has 0 aliphatic heterocycles. The molecule has 1 rings (SSSR count). The first-order valence-electron chi connectivity index (χ1n) is 7.08. The zero-order chi connectivity index (χ0) is 13.4. The lowest BCUT2D eigenvalue weighted by Gasteiger charge is -2.28. The lowest BCUT2D eigenvalue weighted by atomic mass is 9.83. The molecule has 0 saturated heterocycles. The van der Waals surface area contributed by atoms with Gasteiger partial charge in [-0.2, -0.15) is 0 Å². The maximum atomic E-state index is 5.26. The van der Waals surface area contributed by atoms with E-state index in [-0.39, 0.29) is 24.0 Å². The molecule has 19 heavy (non-hydrogen) atoms. The second-order valence-electron chi connectivity index (χ2n) is 5.51. The van der Waals surface area contributed by atoms with Gasteiger partial charge in [-0.05, 0) is 31.6 Å². The monoisotopic (exact) mass is 383 g/mol. The highest BCUT2D eigenvalue weighted by molar-refractivity contribution is 14.0. The largest absolute Gasteiger partial charge is 0.385 e. The third-order valence-corrected chi connectivity index (χ3v) is 3.82. The second kappa shape index (κ2) is 9.80. The molecule has 0 spiro atoms. The van der Waals surface area contributed by atoms with Gasteiger partial charge in [0.25, 0.3) is 0 Å². The van der Waals surface area contributed by atoms with Gasteiger partial charge in [-0.1, -0.05) is 12.8 Å². The van der Waals surface area contributed by atoms with Gasteiger partial charge in [0.1, 0.15) is 0 Å². The summed E-state index contributed by atoms with van der Waals surface area (Å²) in [6.45, 7) is 4.81. The first-order chi connectivity index (χ1) is 8.63. The molecule has 4 nitrogen and oxygen atoms in total. The van der Waals surface area contributed by atoms with Crippen LogP contribution in [0.2, 0.25) is 0 Å². The molecule has 0 aromatic heterocycles. The number of rotatable bonds is 6. The number of nitrogens with one attached hydrogen (secondary N) is 1. The van der Waals surface area contributed by atoms with Crippen LogP contribution in [-0.4, -0.2) is 51.8 Å². The number of methoxy groups -OCH3 is 1. The zero-order valence-electron chi connectivity index (χ0n) is 12.9. The molecule has 0 aromatic rings. The van der Waals surface area contributed by atoms with Crippen molar-refractivity contribution in [1.82, 2.24) is 10.2 Å². The Morgan fingerprint density at radius 2 is 1.95 bits per heavy atom. The molecule has 0 aromatic carbocycles. The van der Waals surface area contributed by atoms with Crippen molar-refractivity contribution in [3.05, 3.63) is 0 Å². The topological polar surface area (TPSA) is 36.9 Å². The van der Waals surface area contributed by atoms with Crippen molar-refractivity contribution >= 4 is 29.9 Å². The second-order valence-corrected chi connectivity index (χ2v) is 5.51. The van der Waals surface area contributed by atoms with E-state index in [2.05, 4.69) is 17.1 Å². The van der Waals surface area contributed by atoms with Gasteiger partial charge in [0.2, 0.25) is 0 Å². The van der Waals surface area contributed by atoms with E-state index in [4.69, 9.17) is 9.73 Å². The van der Waals surface area contributed by atoms with Gasteiger partial charge in [-0.15, -0.1) is 24.0 Å². The van der Waals surface area contributed by atoms with Gasteiger partial charge in [0.15, 0.2) is 5.96 Å². The van der Waals surface area contributed by atoms with E-state index < -0.39 is 0 Å². The average Bonchev–Trinajstić information content (AvgIpc) is 2.81. The van der Waals surface area contributed by atoms with Crippen LogP contribution in [0.4, 0.5) is 0 Å². The van der Waals surface area contributed by atoms with Crippen LogP contribution in [0.5, 0.6) is 0 Å². The number of nitrogens with zero attached hydrogens (tertiary/aromatic N) is 2. The molecule has 1 aliphatic carbocycles. The summed E-state index contributed by atoms with van der Waals surface area (Å²) >= 11 is 0. The van der Waals surface area contributed by atoms with Crippen LogP contribution in [0, 0.1) is 5.41 Å². The van der Waals surface area contributed by atoms with Crippen LogP contribution in [0.1, 0.15) is 39.0 Å². The molecule has 0 unspecified atom stereocenters. The van der Waals surface area contributed by atoms with Crippen LogP contribution in [0.15, 0.2) is 4.99 Å². The summed E-state index contributed by atoms with van der Waals surface area (Å²) in [6.07, 6.45) is 6.43. The smallest absolute Gasteiger partial charge is 0.193 e. The van der Waals surface area contributed by atoms with E-state index in [1.54, 1.807) is 7.11 Å². The van der Waals surface area contributed by atoms with E-state index in [1.165, 1.54) is 25.7 Å². The number of hydrogen-bond acceptors (Lipinski definition) is 2. The van der Waals surface area contributed by atoms with E-state index in [0.717, 1.165) is 32.1 Å². The average molecular weight is 383 g/mol. The van der Waals surface area contributed by atoms with Crippen molar-refractivity contribution in [3.63, 3.8) is 0 Å². The summed E-state index contributed by atoms with van der Waals surface area (Å²) in [7, 11) is 5.87. The fraction of sp³-hybridized carbons (Fsp3) is 0.929. The Hall–Kier alpha value is -0.0400. The molecule has 114 valence electrons. The van der Waals surface area contributed by atoms with Gasteiger partial charge in [0.05, 0.1) is 0 Å². The minimum absolute atomic E-state index is 0. The van der Waals surface area contributed by atoms with Crippen LogP contribution < -0.4 is 5.32 Å². The third-order valence-electron chi connectivity index (χ3n) is 3.82. The van der Waals surface area contributed by atoms with Gasteiger partial charge < -0.3 is 15.0 Å². The summed E-state index contributed by atoms with van der Waals surface area (Å²) in [5.74, 6) is 1.00. The first-order valence-corrected chi connectivity index (χ1v) is 7.08. The summed E-state index contributed by atoms with van der Waals surface area (Å²) < 4.78 is 5.26. The Labute approximate surface area is 135 Å². The van der Waals surface area contributed by atoms with Gasteiger partial charge in [-0.25, -0.2) is 0 Å². The molecule has 1 N–H and O–H groups in total. The standard InChI is InChI=1S/C14H29N3O.HI/c1-5-15-13(17(2)3)16-12-14(10-11-18-4)8-6-7-9-14;/h5-12H2,1-4H3,(H,15,16);1H. The molecule has 0 heterocycles. The van der Waals surface area contributed by atoms with E-state index in [0.29, 0.717) is 5.41 Å². The van der Waals surface area contributed by atoms with Crippen LogP contribution in [0.25, 0.3) is 0 Å². The normalized spacial score (nSPS) is 18.0. The Morgan fingerprint density at radius 1 is 1.32 bits per heavy atom. The van der Waals surface area contributed by atoms with Crippen LogP contribution in [0.3, 0.4) is 0 Å². The zero-order valence-corrected chi connectivity index (χ0v) is 15.2. The molecular weight excluding hydrogens is 353 g/mol. The summed E-state index contributed by atoms with van der Waals surface area (Å²) in [5, 5.41) is 3.32. The summed E-state index contributed by atoms with van der Waals surface area (Å²) in [4.78, 5) is 6.85. The lowest BCUT2D eigenvalue weighted by Crippen LogP contribution is -2.37. The van der Waals surface area contributed by atoms with Crippen LogP contribution in [-0.2, 0) is 4.74 Å². The molecule has 0 radical (unpaired) electrons. The number of aliphatic imine (C=N–C) groups is 1. The van der Waals surface area contributed by atoms with E-state index in [9.17, 15) is 0 Å². The predicted octanol–water partition coefficient (Wildman–Crippen LogP) is 2.73. The maximum absolute atomic E-state index is 5.26. The summed E-state index contributed by atoms with van der Waals surface area (Å²) in [6, 6.07) is 0. The first kappa shape index (κ1) is 19.0. The Morgan fingerprint density at radius 3 is 2.42 bits per heavy atom. The molecule has 1 aliphatic rings. The van der Waals surface area contributed by atoms with Crippen molar-refractivity contribution in [3.8, 4) is 0 Å². The molecule has 5 heteroatoms. The van der Waals surface area contributed by atoms with Crippen molar-refractivity contribution in [2.45, 2.75) is 39.0 Å². The van der Waals surface area contributed by atoms with Gasteiger partial charge in [0, 0.05) is 40.9 Å². The quantitative estimate of drug-likeness (QED) is 0.435. The van der Waals surface area contributed by atoms with Crippen LogP contribution >= 0.6 is 24.0 Å². The number of ether oxygens (including phenoxy) is 1. The van der Waals surface area contributed by atoms with Crippen molar-refractivity contribution in [2.24, 2.45) is 10.4 Å². The molecule has 0 amide bonds. The van der Waals surface area contributed by atoms with Gasteiger partial charge >= 0.3 is 0 Å². The molecule has 0 atom stereocenters. The van der Waals surface area contributed by atoms with Crippen molar-refractivity contribution in [2.75, 3.05) is 40.9 Å². The fourth-order valence-corrected chi connectivity index (χ4v) is 2.69. The fourth-order valence-electron chi connectivity index (χ4n) is 2.69. The molecular formula is C14H30IN3O. The number of halogens is 1. The number of hydrogen-bond donors (Lipinski definition) is 1. The highest BCUT2D eigenvalue weighted by Gasteiger charge is 2.33. The molecule has 1 saturated carbocycles. The Bertz CT molecular complexity index is 263. The minimum atomic E-state index is 0. The van der Waals surface area contributed by atoms with Crippen molar-refractivity contribution in [1.29, 1.82) is 0 Å². The van der Waals surface area contributed by atoms with E-state index in [1.807, 2.05) is 14.1 Å². The SMILES string of the molecule is CCNC(=NCC1(CCOC)CCCC1)N(C)C.I. The molecule has 0 bridgehead atoms. The highest BCUT2D eigenvalue weighted by atomic mass is 127. The van der Waals surface area contributed by atoms with Crippen molar-refractivity contribution < 1.29 is 4.74 Å². The highest BCUT2D eigenvalue weighted by Crippen LogP contribution is 2.41. The predicted molar refractivity (Wildman–Crippen MR) is 92.5 cm³/mol. The van der Waals surface area contributed by atoms with E-state index >= 15 is 0 Å². The Kier molecular flexibility index (Phi) is 9.78. The summed E-state index contributed by atoms with van der Waals surface area (Å²) in [5.41, 5.74) is 0.382. The van der Waals surface area contributed by atoms with Gasteiger partial charge in [-0.3, -0.25) is 4.99 Å².